The van der Waals surface area contributed by atoms with Crippen molar-refractivity contribution in [1.82, 2.24) is 9.21 Å². The van der Waals surface area contributed by atoms with Gasteiger partial charge < -0.3 is 35.1 Å². The van der Waals surface area contributed by atoms with Gasteiger partial charge >= 0.3 is 0 Å². The van der Waals surface area contributed by atoms with Crippen LogP contribution in [-0.2, 0) is 25.9 Å². The van der Waals surface area contributed by atoms with E-state index in [9.17, 15) is 23.4 Å². The van der Waals surface area contributed by atoms with E-state index in [-0.39, 0.29) is 42.8 Å². The minimum Gasteiger partial charge on any atom is -0.530 e. The minimum absolute atomic E-state index is 0.0461. The standard InChI is InChI=1S/C27H37N3O7S/c1-18(2)15-29(38(34,35)21-10-8-20(28)9-11-21)16-25(31)23(14-19-6-4-3-5-7-19)30(27(32)33)24-17-37-26-22(24)12-13-36-26/h3-11,18,22-26,31H,12-17,28H2,1-2H3,(H,32,33)/p-1/t22-,23-,24?,25+,26+/m0/s1. The first kappa shape index (κ1) is 28.3. The first-order valence-electron chi connectivity index (χ1n) is 12.9. The van der Waals surface area contributed by atoms with Gasteiger partial charge in [0.25, 0.3) is 0 Å². The number of ether oxygens (including phenoxy) is 2. The maximum absolute atomic E-state index is 13.6. The zero-order chi connectivity index (χ0) is 27.4. The Balaban J connectivity index is 1.67. The van der Waals surface area contributed by atoms with Gasteiger partial charge in [0.2, 0.25) is 10.0 Å². The Kier molecular flexibility index (Phi) is 8.94. The molecule has 0 aromatic heterocycles. The van der Waals surface area contributed by atoms with Crippen molar-refractivity contribution >= 4 is 21.8 Å². The van der Waals surface area contributed by atoms with Gasteiger partial charge in [0.15, 0.2) is 6.29 Å². The van der Waals surface area contributed by atoms with Crippen molar-refractivity contribution < 1.29 is 32.9 Å². The molecule has 0 spiro atoms. The van der Waals surface area contributed by atoms with E-state index in [1.807, 2.05) is 44.2 Å². The lowest BCUT2D eigenvalue weighted by molar-refractivity contribution is -0.273. The molecule has 11 heteroatoms. The van der Waals surface area contributed by atoms with E-state index >= 15 is 0 Å². The Hall–Kier alpha value is -2.70. The summed E-state index contributed by atoms with van der Waals surface area (Å²) in [7, 11) is -4.00. The number of carbonyl (C=O) groups excluding carboxylic acids is 1. The molecule has 0 aliphatic carbocycles. The van der Waals surface area contributed by atoms with E-state index in [1.54, 1.807) is 0 Å². The van der Waals surface area contributed by atoms with Crippen LogP contribution in [0.15, 0.2) is 59.5 Å². The van der Waals surface area contributed by atoms with Crippen LogP contribution >= 0.6 is 0 Å². The average Bonchev–Trinajstić information content (AvgIpc) is 3.49. The fourth-order valence-electron chi connectivity index (χ4n) is 5.32. The number of nitrogens with zero attached hydrogens (tertiary/aromatic N) is 2. The maximum Gasteiger partial charge on any atom is 0.243 e. The van der Waals surface area contributed by atoms with Gasteiger partial charge in [-0.1, -0.05) is 44.2 Å². The zero-order valence-corrected chi connectivity index (χ0v) is 22.5. The van der Waals surface area contributed by atoms with E-state index in [0.717, 1.165) is 10.5 Å². The van der Waals surface area contributed by atoms with Crippen molar-refractivity contribution in [3.05, 3.63) is 60.2 Å². The number of sulfonamides is 1. The van der Waals surface area contributed by atoms with E-state index in [2.05, 4.69) is 0 Å². The molecule has 1 amide bonds. The molecule has 2 heterocycles. The van der Waals surface area contributed by atoms with Gasteiger partial charge in [-0.2, -0.15) is 4.31 Å². The van der Waals surface area contributed by atoms with Crippen LogP contribution in [0.2, 0.25) is 0 Å². The molecule has 2 aliphatic heterocycles. The number of benzene rings is 2. The topological polar surface area (TPSA) is 145 Å². The van der Waals surface area contributed by atoms with Gasteiger partial charge in [-0.3, -0.25) is 0 Å². The van der Waals surface area contributed by atoms with Crippen LogP contribution in [0, 0.1) is 11.8 Å². The molecule has 5 atom stereocenters. The molecule has 2 saturated heterocycles. The number of aliphatic hydroxyl groups excluding tert-OH is 1. The molecule has 0 bridgehead atoms. The summed E-state index contributed by atoms with van der Waals surface area (Å²) in [4.78, 5) is 13.8. The van der Waals surface area contributed by atoms with E-state index in [4.69, 9.17) is 15.2 Å². The van der Waals surface area contributed by atoms with Crippen molar-refractivity contribution in [2.24, 2.45) is 11.8 Å². The van der Waals surface area contributed by atoms with Crippen molar-refractivity contribution in [3.8, 4) is 0 Å². The number of amides is 1. The summed E-state index contributed by atoms with van der Waals surface area (Å²) < 4.78 is 39.7. The Morgan fingerprint density at radius 2 is 1.79 bits per heavy atom. The normalized spacial score (nSPS) is 22.9. The fraction of sp³-hybridized carbons (Fsp3) is 0.519. The SMILES string of the molecule is CC(C)CN(C[C@@H](O)[C@H](Cc1ccccc1)N(C(=O)[O-])C1CO[C@H]2OCC[C@@H]12)S(=O)(=O)c1ccc(N)cc1. The summed E-state index contributed by atoms with van der Waals surface area (Å²) in [5.41, 5.74) is 6.98. The quantitative estimate of drug-likeness (QED) is 0.401. The van der Waals surface area contributed by atoms with Crippen LogP contribution in [0.5, 0.6) is 0 Å². The van der Waals surface area contributed by atoms with Crippen LogP contribution in [0.3, 0.4) is 0 Å². The number of anilines is 1. The predicted molar refractivity (Wildman–Crippen MR) is 139 cm³/mol. The Morgan fingerprint density at radius 3 is 2.42 bits per heavy atom. The number of hydrogen-bond acceptors (Lipinski definition) is 8. The van der Waals surface area contributed by atoms with Crippen molar-refractivity contribution in [1.29, 1.82) is 0 Å². The van der Waals surface area contributed by atoms with Crippen LogP contribution in [-0.4, -0.2) is 79.6 Å². The van der Waals surface area contributed by atoms with Crippen LogP contribution < -0.4 is 10.8 Å². The van der Waals surface area contributed by atoms with E-state index in [1.165, 1.54) is 28.6 Å². The Labute approximate surface area is 224 Å². The second kappa shape index (κ2) is 12.0. The second-order valence-electron chi connectivity index (χ2n) is 10.4. The molecule has 1 unspecified atom stereocenters. The molecule has 208 valence electrons. The van der Waals surface area contributed by atoms with Crippen LogP contribution in [0.1, 0.15) is 25.8 Å². The van der Waals surface area contributed by atoms with Crippen molar-refractivity contribution in [3.63, 3.8) is 0 Å². The molecule has 38 heavy (non-hydrogen) atoms. The highest BCUT2D eigenvalue weighted by Crippen LogP contribution is 2.36. The smallest absolute Gasteiger partial charge is 0.243 e. The first-order chi connectivity index (χ1) is 18.1. The average molecular weight is 547 g/mol. The molecule has 2 aliphatic rings. The van der Waals surface area contributed by atoms with Crippen LogP contribution in [0.4, 0.5) is 10.5 Å². The van der Waals surface area contributed by atoms with Crippen LogP contribution in [0.25, 0.3) is 0 Å². The maximum atomic E-state index is 13.6. The molecule has 10 nitrogen and oxygen atoms in total. The van der Waals surface area contributed by atoms with Gasteiger partial charge in [-0.25, -0.2) is 8.42 Å². The number of hydrogen-bond donors (Lipinski definition) is 2. The van der Waals surface area contributed by atoms with E-state index in [0.29, 0.717) is 18.7 Å². The molecule has 2 aromatic rings. The number of rotatable bonds is 11. The number of carboxylic acid groups (broad SMARTS) is 1. The number of fused-ring (bicyclic) bond motifs is 1. The summed E-state index contributed by atoms with van der Waals surface area (Å²) >= 11 is 0. The molecular formula is C27H36N3O7S-. The second-order valence-corrected chi connectivity index (χ2v) is 12.3. The summed E-state index contributed by atoms with van der Waals surface area (Å²) in [6.07, 6.45) is -2.50. The monoisotopic (exact) mass is 546 g/mol. The highest BCUT2D eigenvalue weighted by molar-refractivity contribution is 7.89. The summed E-state index contributed by atoms with van der Waals surface area (Å²) in [5.74, 6) is -0.237. The predicted octanol–water partition coefficient (Wildman–Crippen LogP) is 1.29. The number of aliphatic hydroxyl groups is 1. The third-order valence-electron chi connectivity index (χ3n) is 7.14. The number of nitrogen functional groups attached to an aromatic ring is 1. The Morgan fingerprint density at radius 1 is 1.11 bits per heavy atom. The van der Waals surface area contributed by atoms with Gasteiger partial charge in [0, 0.05) is 24.7 Å². The lowest BCUT2D eigenvalue weighted by Crippen LogP contribution is -2.61. The first-order valence-corrected chi connectivity index (χ1v) is 14.3. The largest absolute Gasteiger partial charge is 0.530 e. The molecule has 3 N–H and O–H groups in total. The lowest BCUT2D eigenvalue weighted by atomic mass is 9.93. The van der Waals surface area contributed by atoms with Crippen molar-refractivity contribution in [2.45, 2.75) is 56.1 Å². The molecule has 4 rings (SSSR count). The Bertz CT molecular complexity index is 1180. The third kappa shape index (κ3) is 6.29. The number of carbonyl (C=O) groups is 1. The van der Waals surface area contributed by atoms with Gasteiger partial charge in [-0.15, -0.1) is 0 Å². The molecule has 2 aromatic carbocycles. The van der Waals surface area contributed by atoms with Gasteiger partial charge in [0.1, 0.15) is 6.09 Å². The fourth-order valence-corrected chi connectivity index (χ4v) is 6.94. The number of nitrogens with two attached hydrogens (primary N) is 1. The summed E-state index contributed by atoms with van der Waals surface area (Å²) in [6, 6.07) is 13.5. The summed E-state index contributed by atoms with van der Waals surface area (Å²) in [5, 5.41) is 24.2. The molecular weight excluding hydrogens is 510 g/mol. The highest BCUT2D eigenvalue weighted by Gasteiger charge is 2.47. The molecule has 2 fully saturated rings. The third-order valence-corrected chi connectivity index (χ3v) is 8.99. The van der Waals surface area contributed by atoms with Gasteiger partial charge in [0.05, 0.1) is 36.3 Å². The minimum atomic E-state index is -4.00. The molecule has 0 saturated carbocycles. The highest BCUT2D eigenvalue weighted by atomic mass is 32.2. The summed E-state index contributed by atoms with van der Waals surface area (Å²) in [6.45, 7) is 4.16. The zero-order valence-electron chi connectivity index (χ0n) is 21.7. The van der Waals surface area contributed by atoms with Gasteiger partial charge in [-0.05, 0) is 48.6 Å². The lowest BCUT2D eigenvalue weighted by Gasteiger charge is -2.43. The molecule has 0 radical (unpaired) electrons. The van der Waals surface area contributed by atoms with Crippen molar-refractivity contribution in [2.75, 3.05) is 32.0 Å². The van der Waals surface area contributed by atoms with E-state index < -0.39 is 40.6 Å².